The molecule has 0 saturated carbocycles. The predicted molar refractivity (Wildman–Crippen MR) is 55.1 cm³/mol. The van der Waals surface area contributed by atoms with Crippen LogP contribution in [0.15, 0.2) is 18.2 Å². The van der Waals surface area contributed by atoms with Gasteiger partial charge in [-0.15, -0.1) is 0 Å². The normalized spacial score (nSPS) is 12.9. The van der Waals surface area contributed by atoms with Crippen LogP contribution in [0.2, 0.25) is 5.02 Å². The van der Waals surface area contributed by atoms with Crippen molar-refractivity contribution in [2.24, 2.45) is 0 Å². The quantitative estimate of drug-likeness (QED) is 0.780. The van der Waals surface area contributed by atoms with Crippen molar-refractivity contribution in [3.05, 3.63) is 34.3 Å². The van der Waals surface area contributed by atoms with E-state index in [1.165, 1.54) is 0 Å². The monoisotopic (exact) mass is 199 g/mol. The third-order valence-corrected chi connectivity index (χ3v) is 2.54. The number of likely N-dealkylation sites (N-methyl/N-ethyl adjacent to an activating group) is 1. The van der Waals surface area contributed by atoms with E-state index in [0.29, 0.717) is 0 Å². The second kappa shape index (κ2) is 4.61. The van der Waals surface area contributed by atoms with Gasteiger partial charge in [-0.2, -0.15) is 0 Å². The van der Waals surface area contributed by atoms with Gasteiger partial charge in [0.05, 0.1) is 12.6 Å². The van der Waals surface area contributed by atoms with Gasteiger partial charge < -0.3 is 10.4 Å². The summed E-state index contributed by atoms with van der Waals surface area (Å²) in [5.74, 6) is 0. The predicted octanol–water partition coefficient (Wildman–Crippen LogP) is 1.90. The molecule has 0 fully saturated rings. The molecule has 1 aromatic rings. The molecule has 0 amide bonds. The lowest BCUT2D eigenvalue weighted by Gasteiger charge is -2.14. The lowest BCUT2D eigenvalue weighted by atomic mass is 10.1. The van der Waals surface area contributed by atoms with Crippen LogP contribution in [-0.4, -0.2) is 18.8 Å². The maximum Gasteiger partial charge on any atom is 0.0626 e. The molecule has 0 saturated heterocycles. The molecule has 1 rings (SSSR count). The highest BCUT2D eigenvalue weighted by Crippen LogP contribution is 2.20. The Morgan fingerprint density at radius 2 is 2.23 bits per heavy atom. The summed E-state index contributed by atoms with van der Waals surface area (Å²) >= 11 is 5.96. The lowest BCUT2D eigenvalue weighted by molar-refractivity contribution is 0.251. The van der Waals surface area contributed by atoms with Crippen molar-refractivity contribution in [2.75, 3.05) is 13.7 Å². The van der Waals surface area contributed by atoms with E-state index in [0.717, 1.165) is 16.1 Å². The fraction of sp³-hybridized carbons (Fsp3) is 0.400. The van der Waals surface area contributed by atoms with E-state index in [-0.39, 0.29) is 12.6 Å². The number of hydrogen-bond donors (Lipinski definition) is 2. The zero-order valence-corrected chi connectivity index (χ0v) is 8.60. The average molecular weight is 200 g/mol. The van der Waals surface area contributed by atoms with Gasteiger partial charge in [0, 0.05) is 5.02 Å². The highest BCUT2D eigenvalue weighted by molar-refractivity contribution is 6.31. The van der Waals surface area contributed by atoms with Crippen molar-refractivity contribution in [3.8, 4) is 0 Å². The summed E-state index contributed by atoms with van der Waals surface area (Å²) in [6.07, 6.45) is 0. The summed E-state index contributed by atoms with van der Waals surface area (Å²) in [7, 11) is 1.81. The molecule has 1 aromatic carbocycles. The largest absolute Gasteiger partial charge is 0.394 e. The van der Waals surface area contributed by atoms with Crippen molar-refractivity contribution in [2.45, 2.75) is 13.0 Å². The maximum atomic E-state index is 9.03. The third-order valence-electron chi connectivity index (χ3n) is 2.13. The van der Waals surface area contributed by atoms with E-state index in [1.807, 2.05) is 32.2 Å². The first-order valence-corrected chi connectivity index (χ1v) is 4.61. The fourth-order valence-electron chi connectivity index (χ4n) is 1.19. The molecule has 0 aliphatic rings. The molecule has 72 valence electrons. The number of aliphatic hydroxyl groups is 1. The zero-order chi connectivity index (χ0) is 9.84. The van der Waals surface area contributed by atoms with Gasteiger partial charge in [0.2, 0.25) is 0 Å². The number of hydrogen-bond acceptors (Lipinski definition) is 2. The molecule has 0 spiro atoms. The Labute approximate surface area is 83.5 Å². The Morgan fingerprint density at radius 1 is 1.54 bits per heavy atom. The van der Waals surface area contributed by atoms with Gasteiger partial charge in [-0.3, -0.25) is 0 Å². The molecule has 1 atom stereocenters. The van der Waals surface area contributed by atoms with Crippen LogP contribution in [0.1, 0.15) is 17.2 Å². The van der Waals surface area contributed by atoms with Crippen LogP contribution in [0, 0.1) is 6.92 Å². The Morgan fingerprint density at radius 3 is 2.69 bits per heavy atom. The summed E-state index contributed by atoms with van der Waals surface area (Å²) < 4.78 is 0. The molecular formula is C10H14ClNO. The number of rotatable bonds is 3. The van der Waals surface area contributed by atoms with Crippen LogP contribution < -0.4 is 5.32 Å². The number of benzene rings is 1. The SMILES string of the molecule is CN[C@H](CO)c1ccc(C)c(Cl)c1. The van der Waals surface area contributed by atoms with Gasteiger partial charge in [0.25, 0.3) is 0 Å². The maximum absolute atomic E-state index is 9.03. The first-order chi connectivity index (χ1) is 6.19. The zero-order valence-electron chi connectivity index (χ0n) is 7.84. The number of aryl methyl sites for hydroxylation is 1. The summed E-state index contributed by atoms with van der Waals surface area (Å²) in [6.45, 7) is 2.04. The van der Waals surface area contributed by atoms with Crippen LogP contribution in [0.4, 0.5) is 0 Å². The molecule has 0 bridgehead atoms. The molecule has 13 heavy (non-hydrogen) atoms. The van der Waals surface area contributed by atoms with Gasteiger partial charge >= 0.3 is 0 Å². The molecule has 0 aliphatic heterocycles. The smallest absolute Gasteiger partial charge is 0.0626 e. The molecule has 0 aromatic heterocycles. The van der Waals surface area contributed by atoms with Gasteiger partial charge in [0.15, 0.2) is 0 Å². The molecule has 0 heterocycles. The number of aliphatic hydroxyl groups excluding tert-OH is 1. The number of halogens is 1. The Bertz CT molecular complexity index is 284. The summed E-state index contributed by atoms with van der Waals surface area (Å²) in [5.41, 5.74) is 2.07. The van der Waals surface area contributed by atoms with E-state index in [2.05, 4.69) is 5.32 Å². The van der Waals surface area contributed by atoms with E-state index in [4.69, 9.17) is 16.7 Å². The topological polar surface area (TPSA) is 32.3 Å². The van der Waals surface area contributed by atoms with Crippen molar-refractivity contribution in [1.29, 1.82) is 0 Å². The van der Waals surface area contributed by atoms with Crippen LogP contribution >= 0.6 is 11.6 Å². The average Bonchev–Trinajstić information content (AvgIpc) is 2.13. The Hall–Kier alpha value is -0.570. The Balaban J connectivity index is 2.95. The summed E-state index contributed by atoms with van der Waals surface area (Å²) in [5, 5.41) is 12.8. The molecule has 0 unspecified atom stereocenters. The molecule has 0 aliphatic carbocycles. The van der Waals surface area contributed by atoms with E-state index in [1.54, 1.807) is 0 Å². The molecule has 3 heteroatoms. The van der Waals surface area contributed by atoms with Crippen molar-refractivity contribution < 1.29 is 5.11 Å². The van der Waals surface area contributed by atoms with Gasteiger partial charge in [-0.1, -0.05) is 23.7 Å². The van der Waals surface area contributed by atoms with Crippen LogP contribution in [0.25, 0.3) is 0 Å². The first-order valence-electron chi connectivity index (χ1n) is 4.23. The molecular weight excluding hydrogens is 186 g/mol. The minimum atomic E-state index is -0.0295. The fourth-order valence-corrected chi connectivity index (χ4v) is 1.38. The van der Waals surface area contributed by atoms with E-state index < -0.39 is 0 Å². The molecule has 2 nitrogen and oxygen atoms in total. The Kier molecular flexibility index (Phi) is 3.72. The van der Waals surface area contributed by atoms with Crippen molar-refractivity contribution >= 4 is 11.6 Å². The highest BCUT2D eigenvalue weighted by Gasteiger charge is 2.08. The molecule has 0 radical (unpaired) electrons. The lowest BCUT2D eigenvalue weighted by Crippen LogP contribution is -2.19. The second-order valence-corrected chi connectivity index (χ2v) is 3.44. The molecule has 2 N–H and O–H groups in total. The summed E-state index contributed by atoms with van der Waals surface area (Å²) in [4.78, 5) is 0. The van der Waals surface area contributed by atoms with Crippen LogP contribution in [0.5, 0.6) is 0 Å². The first kappa shape index (κ1) is 10.5. The van der Waals surface area contributed by atoms with E-state index >= 15 is 0 Å². The van der Waals surface area contributed by atoms with Crippen LogP contribution in [-0.2, 0) is 0 Å². The van der Waals surface area contributed by atoms with Crippen LogP contribution in [0.3, 0.4) is 0 Å². The summed E-state index contributed by atoms with van der Waals surface area (Å²) in [6, 6.07) is 5.78. The standard InChI is InChI=1S/C10H14ClNO/c1-7-3-4-8(5-9(7)11)10(6-13)12-2/h3-5,10,12-13H,6H2,1-2H3/t10-/m1/s1. The highest BCUT2D eigenvalue weighted by atomic mass is 35.5. The second-order valence-electron chi connectivity index (χ2n) is 3.03. The number of nitrogens with one attached hydrogen (secondary N) is 1. The minimum absolute atomic E-state index is 0.0295. The third kappa shape index (κ3) is 2.44. The van der Waals surface area contributed by atoms with Gasteiger partial charge in [-0.25, -0.2) is 0 Å². The van der Waals surface area contributed by atoms with Gasteiger partial charge in [-0.05, 0) is 31.2 Å². The van der Waals surface area contributed by atoms with E-state index in [9.17, 15) is 0 Å². The van der Waals surface area contributed by atoms with Gasteiger partial charge in [0.1, 0.15) is 0 Å². The minimum Gasteiger partial charge on any atom is -0.394 e. The van der Waals surface area contributed by atoms with Crippen molar-refractivity contribution in [1.82, 2.24) is 5.32 Å². The van der Waals surface area contributed by atoms with Crippen molar-refractivity contribution in [3.63, 3.8) is 0 Å².